The Hall–Kier alpha value is 0.740. The number of benzene rings is 1. The minimum absolute atomic E-state index is 0. The van der Waals surface area contributed by atoms with Crippen molar-refractivity contribution in [1.82, 2.24) is 10.6 Å². The third kappa shape index (κ3) is 18.8. The van der Waals surface area contributed by atoms with Crippen molar-refractivity contribution in [2.45, 2.75) is 32.7 Å². The summed E-state index contributed by atoms with van der Waals surface area (Å²) in [6.45, 7) is 7.15. The van der Waals surface area contributed by atoms with Gasteiger partial charge in [0.15, 0.2) is 0 Å². The predicted molar refractivity (Wildman–Crippen MR) is 112 cm³/mol. The van der Waals surface area contributed by atoms with Crippen molar-refractivity contribution >= 4 is 17.7 Å². The van der Waals surface area contributed by atoms with E-state index >= 15 is 0 Å². The van der Waals surface area contributed by atoms with E-state index < -0.39 is 0 Å². The number of carbonyl (C=O) groups is 3. The molecule has 0 saturated heterocycles. The van der Waals surface area contributed by atoms with Crippen LogP contribution in [-0.4, -0.2) is 51.1 Å². The Labute approximate surface area is 283 Å². The van der Waals surface area contributed by atoms with Gasteiger partial charge in [-0.2, -0.15) is 5.70 Å². The SMILES string of the molecule is C=C(C)[N-]CCCOCC(=O)[N-]Cc1ccc(CC(=O)NCCC(=O)NC)cc1.[Rb+].[Rb+]. The Morgan fingerprint density at radius 1 is 1.03 bits per heavy atom. The molecule has 0 spiro atoms. The van der Waals surface area contributed by atoms with Crippen LogP contribution in [0, 0.1) is 0 Å². The molecule has 0 radical (unpaired) electrons. The van der Waals surface area contributed by atoms with Gasteiger partial charge >= 0.3 is 116 Å². The van der Waals surface area contributed by atoms with E-state index in [9.17, 15) is 14.4 Å². The molecule has 3 amide bonds. The van der Waals surface area contributed by atoms with Gasteiger partial charge in [0.1, 0.15) is 0 Å². The van der Waals surface area contributed by atoms with Gasteiger partial charge in [0, 0.05) is 26.6 Å². The minimum atomic E-state index is -0.304. The summed E-state index contributed by atoms with van der Waals surface area (Å²) in [5.41, 5.74) is 2.51. The molecule has 2 N–H and O–H groups in total. The number of ether oxygens (including phenoxy) is 1. The van der Waals surface area contributed by atoms with E-state index in [1.807, 2.05) is 31.2 Å². The van der Waals surface area contributed by atoms with Gasteiger partial charge in [-0.3, -0.25) is 9.59 Å². The Kier molecular flexibility index (Phi) is 23.3. The van der Waals surface area contributed by atoms with Crippen LogP contribution in [0.2, 0.25) is 0 Å². The third-order valence-electron chi connectivity index (χ3n) is 3.83. The number of nitrogens with one attached hydrogen (secondary N) is 2. The molecule has 0 atom stereocenters. The van der Waals surface area contributed by atoms with E-state index in [-0.39, 0.29) is 160 Å². The monoisotopic (exact) mass is 572 g/mol. The molecule has 0 heterocycles. The summed E-state index contributed by atoms with van der Waals surface area (Å²) in [6.07, 6.45) is 1.22. The molecule has 0 unspecified atom stereocenters. The molecule has 0 aliphatic rings. The fourth-order valence-electron chi connectivity index (χ4n) is 2.27. The number of rotatable bonds is 14. The molecule has 0 aliphatic carbocycles. The van der Waals surface area contributed by atoms with Crippen LogP contribution in [-0.2, 0) is 32.1 Å². The Balaban J connectivity index is 0. The number of hydrogen-bond donors (Lipinski definition) is 2. The molecule has 31 heavy (non-hydrogen) atoms. The van der Waals surface area contributed by atoms with E-state index in [0.717, 1.165) is 23.2 Å². The maximum Gasteiger partial charge on any atom is 1.00 e. The molecule has 160 valence electrons. The second kappa shape index (κ2) is 21.3. The number of nitrogens with zero attached hydrogens (tertiary/aromatic N) is 2. The molecule has 1 aromatic rings. The van der Waals surface area contributed by atoms with E-state index in [4.69, 9.17) is 4.74 Å². The number of amides is 3. The Morgan fingerprint density at radius 3 is 2.29 bits per heavy atom. The normalized spacial score (nSPS) is 9.48. The number of allylic oxidation sites excluding steroid dienone is 1. The second-order valence-corrected chi connectivity index (χ2v) is 6.50. The van der Waals surface area contributed by atoms with Crippen molar-refractivity contribution < 1.29 is 135 Å². The van der Waals surface area contributed by atoms with Gasteiger partial charge in [-0.05, 0) is 12.0 Å². The largest absolute Gasteiger partial charge is 1.00 e. The topological polar surface area (TPSA) is 113 Å². The van der Waals surface area contributed by atoms with Gasteiger partial charge < -0.3 is 30.8 Å². The third-order valence-corrected chi connectivity index (χ3v) is 3.83. The van der Waals surface area contributed by atoms with Crippen LogP contribution in [0.5, 0.6) is 0 Å². The Morgan fingerprint density at radius 2 is 1.68 bits per heavy atom. The van der Waals surface area contributed by atoms with Crippen LogP contribution in [0.1, 0.15) is 30.9 Å². The summed E-state index contributed by atoms with van der Waals surface area (Å²) >= 11 is 0. The van der Waals surface area contributed by atoms with Gasteiger partial charge in [-0.25, -0.2) is 0 Å². The first-order valence-corrected chi connectivity index (χ1v) is 9.57. The summed E-state index contributed by atoms with van der Waals surface area (Å²) in [7, 11) is 1.56. The van der Waals surface area contributed by atoms with Gasteiger partial charge in [0.05, 0.1) is 18.9 Å². The van der Waals surface area contributed by atoms with Crippen molar-refractivity contribution in [2.24, 2.45) is 0 Å². The van der Waals surface area contributed by atoms with Crippen LogP contribution >= 0.6 is 0 Å². The summed E-state index contributed by atoms with van der Waals surface area (Å²) in [6, 6.07) is 7.33. The van der Waals surface area contributed by atoms with Crippen molar-refractivity contribution in [1.29, 1.82) is 0 Å². The van der Waals surface area contributed by atoms with Crippen molar-refractivity contribution in [3.05, 3.63) is 58.3 Å². The zero-order valence-electron chi connectivity index (χ0n) is 19.2. The maximum atomic E-state index is 11.9. The molecule has 8 nitrogen and oxygen atoms in total. The smallest absolute Gasteiger partial charge is 0.688 e. The predicted octanol–water partition coefficient (Wildman–Crippen LogP) is -3.80. The molecule has 0 bridgehead atoms. The fourth-order valence-corrected chi connectivity index (χ4v) is 2.27. The van der Waals surface area contributed by atoms with Crippen LogP contribution in [0.3, 0.4) is 0 Å². The van der Waals surface area contributed by atoms with Crippen LogP contribution < -0.4 is 127 Å². The molecular weight excluding hydrogens is 543 g/mol. The first-order chi connectivity index (χ1) is 13.9. The van der Waals surface area contributed by atoms with E-state index in [0.29, 0.717) is 19.7 Å². The van der Waals surface area contributed by atoms with E-state index in [1.165, 1.54) is 0 Å². The molecule has 10 heteroatoms. The second-order valence-electron chi connectivity index (χ2n) is 6.50. The maximum absolute atomic E-state index is 11.9. The zero-order valence-corrected chi connectivity index (χ0v) is 29.0. The van der Waals surface area contributed by atoms with E-state index in [1.54, 1.807) is 7.05 Å². The molecule has 0 saturated carbocycles. The minimum Gasteiger partial charge on any atom is -0.688 e. The van der Waals surface area contributed by atoms with Gasteiger partial charge in [0.25, 0.3) is 0 Å². The van der Waals surface area contributed by atoms with Crippen molar-refractivity contribution in [2.75, 3.05) is 33.4 Å². The molecule has 0 fully saturated rings. The van der Waals surface area contributed by atoms with Crippen molar-refractivity contribution in [3.63, 3.8) is 0 Å². The van der Waals surface area contributed by atoms with E-state index in [2.05, 4.69) is 27.8 Å². The fraction of sp³-hybridized carbons (Fsp3) is 0.476. The van der Waals surface area contributed by atoms with Crippen LogP contribution in [0.25, 0.3) is 10.6 Å². The summed E-state index contributed by atoms with van der Waals surface area (Å²) in [5, 5.41) is 13.3. The molecular formula is C21H30N4O4Rb2. The molecule has 1 aromatic carbocycles. The first-order valence-electron chi connectivity index (χ1n) is 9.57. The van der Waals surface area contributed by atoms with Gasteiger partial charge in [-0.1, -0.05) is 36.8 Å². The average molecular weight is 573 g/mol. The molecule has 1 rings (SSSR count). The van der Waals surface area contributed by atoms with Gasteiger partial charge in [-0.15, -0.1) is 19.7 Å². The molecule has 0 aromatic heterocycles. The Bertz CT molecular complexity index is 684. The first kappa shape index (κ1) is 33.9. The van der Waals surface area contributed by atoms with Gasteiger partial charge in [0.2, 0.25) is 11.8 Å². The zero-order chi connectivity index (χ0) is 21.5. The van der Waals surface area contributed by atoms with Crippen LogP contribution in [0.15, 0.2) is 36.5 Å². The standard InChI is InChI=1S/C21H31N4O4.2Rb/c1-16(2)23-10-4-12-29-15-21(28)25-14-18-7-5-17(6-8-18)13-20(27)24-11-9-19(26)22-3;;/h5-8H,1,4,9-15H2,2-3H3,(H3,22,24,25,26,27,28);;/q-1;2*+1/p-1. The summed E-state index contributed by atoms with van der Waals surface area (Å²) in [5.74, 6) is -0.562. The van der Waals surface area contributed by atoms with Crippen molar-refractivity contribution in [3.8, 4) is 0 Å². The molecule has 0 aliphatic heterocycles. The number of hydrogen-bond acceptors (Lipinski definition) is 4. The summed E-state index contributed by atoms with van der Waals surface area (Å²) < 4.78 is 5.28. The van der Waals surface area contributed by atoms with Crippen LogP contribution in [0.4, 0.5) is 0 Å². The summed E-state index contributed by atoms with van der Waals surface area (Å²) in [4.78, 5) is 34.7. The quantitative estimate of drug-likeness (QED) is 0.223. The average Bonchev–Trinajstić information content (AvgIpc) is 2.69. The number of carbonyl (C=O) groups excluding carboxylic acids is 3.